The number of hydrogen-bond donors (Lipinski definition) is 0. The van der Waals surface area contributed by atoms with Gasteiger partial charge in [0.15, 0.2) is 0 Å². The molecule has 10 nitrogen and oxygen atoms in total. The lowest BCUT2D eigenvalue weighted by Gasteiger charge is -2.33. The van der Waals surface area contributed by atoms with Crippen LogP contribution in [-0.4, -0.2) is 25.0 Å². The highest BCUT2D eigenvalue weighted by Gasteiger charge is 2.43. The Kier molecular flexibility index (Phi) is 8.73. The van der Waals surface area contributed by atoms with Crippen LogP contribution in [0, 0.1) is 5.92 Å². The molecule has 50 heavy (non-hydrogen) atoms. The van der Waals surface area contributed by atoms with Gasteiger partial charge in [-0.3, -0.25) is 9.13 Å². The summed E-state index contributed by atoms with van der Waals surface area (Å²) in [5.41, 5.74) is -0.942. The van der Waals surface area contributed by atoms with Crippen molar-refractivity contribution < 1.29 is 18.2 Å². The topological polar surface area (TPSA) is 119 Å². The van der Waals surface area contributed by atoms with E-state index in [2.05, 4.69) is 0 Å². The van der Waals surface area contributed by atoms with Crippen LogP contribution >= 0.6 is 14.7 Å². The van der Waals surface area contributed by atoms with Crippen LogP contribution in [0.1, 0.15) is 34.1 Å². The quantitative estimate of drug-likeness (QED) is 0.164. The molecule has 3 heterocycles. The number of para-hydroxylation sites is 2. The summed E-state index contributed by atoms with van der Waals surface area (Å²) in [4.78, 5) is 42.4. The van der Waals surface area contributed by atoms with Crippen molar-refractivity contribution in [2.24, 2.45) is 5.92 Å². The van der Waals surface area contributed by atoms with Gasteiger partial charge in [-0.2, -0.15) is 0 Å². The van der Waals surface area contributed by atoms with Crippen molar-refractivity contribution >= 4 is 25.3 Å². The maximum Gasteiger partial charge on any atom is 0.336 e. The maximum atomic E-state index is 14.9. The Morgan fingerprint density at radius 1 is 0.520 bits per heavy atom. The molecule has 258 valence electrons. The third kappa shape index (κ3) is 5.46. The van der Waals surface area contributed by atoms with E-state index in [0.717, 1.165) is 36.0 Å². The summed E-state index contributed by atoms with van der Waals surface area (Å²) >= 11 is 0. The lowest BCUT2D eigenvalue weighted by atomic mass is 10.0. The van der Waals surface area contributed by atoms with Gasteiger partial charge in [0.05, 0.1) is 21.9 Å². The molecule has 2 aliphatic rings. The first kappa shape index (κ1) is 33.8. The molecular weight excluding hydrogens is 672 g/mol. The Labute approximate surface area is 289 Å². The van der Waals surface area contributed by atoms with E-state index in [-0.39, 0.29) is 25.6 Å². The number of nitrogens with zero attached hydrogens (tertiary/aromatic N) is 3. The highest BCUT2D eigenvalue weighted by atomic mass is 31.2. The van der Waals surface area contributed by atoms with E-state index in [1.165, 1.54) is 0 Å². The molecule has 12 heteroatoms. The van der Waals surface area contributed by atoms with Gasteiger partial charge in [-0.05, 0) is 41.3 Å². The van der Waals surface area contributed by atoms with Gasteiger partial charge < -0.3 is 9.05 Å². The Morgan fingerprint density at radius 3 is 1.26 bits per heavy atom. The SMILES string of the molecule is CCC(C)Cn1c(=O)n(CC(C)P2(=O)Oc3ccccc3-c3ccccc32)c(=O)n(CC(C)P2(=O)Oc3ccccc3-c3ccccc32)c1=O. The predicted molar refractivity (Wildman–Crippen MR) is 197 cm³/mol. The molecule has 0 aliphatic carbocycles. The molecular formula is C38H39N3O7P2. The first-order chi connectivity index (χ1) is 24.0. The molecule has 0 N–H and O–H groups in total. The summed E-state index contributed by atoms with van der Waals surface area (Å²) in [5, 5.41) is 1.01. The van der Waals surface area contributed by atoms with E-state index < -0.39 is 43.1 Å². The standard InChI is InChI=1S/C38H39N3O7P2/c1-5-25(2)22-39-36(42)40(23-26(3)49(45)34-20-12-8-16-30(34)28-14-6-10-18-32(28)47-49)38(44)41(37(39)43)24-27(4)50(46)35-21-13-9-17-31(35)29-15-7-11-19-33(29)48-50/h6-21,25-27H,5,22-24H2,1-4H3. The molecule has 7 rings (SSSR count). The molecule has 5 aromatic rings. The fraction of sp³-hybridized carbons (Fsp3) is 0.289. The van der Waals surface area contributed by atoms with Gasteiger partial charge in [0.25, 0.3) is 14.7 Å². The second kappa shape index (κ2) is 12.9. The zero-order chi connectivity index (χ0) is 35.4. The average Bonchev–Trinajstić information content (AvgIpc) is 3.13. The molecule has 1 aromatic heterocycles. The molecule has 0 saturated carbocycles. The molecule has 2 aliphatic heterocycles. The van der Waals surface area contributed by atoms with Crippen molar-refractivity contribution in [1.82, 2.24) is 13.7 Å². The van der Waals surface area contributed by atoms with Crippen molar-refractivity contribution in [3.05, 3.63) is 129 Å². The van der Waals surface area contributed by atoms with Gasteiger partial charge >= 0.3 is 17.1 Å². The molecule has 0 bridgehead atoms. The molecule has 0 radical (unpaired) electrons. The number of rotatable bonds is 9. The first-order valence-electron chi connectivity index (χ1n) is 16.9. The van der Waals surface area contributed by atoms with Crippen LogP contribution in [0.2, 0.25) is 0 Å². The smallest absolute Gasteiger partial charge is 0.336 e. The van der Waals surface area contributed by atoms with Crippen LogP contribution in [0.3, 0.4) is 0 Å². The third-order valence-corrected chi connectivity index (χ3v) is 15.6. The average molecular weight is 712 g/mol. The summed E-state index contributed by atoms with van der Waals surface area (Å²) in [6, 6.07) is 29.2. The summed E-state index contributed by atoms with van der Waals surface area (Å²) in [5.74, 6) is 0.864. The van der Waals surface area contributed by atoms with Crippen LogP contribution < -0.4 is 36.7 Å². The number of benzene rings is 4. The van der Waals surface area contributed by atoms with Crippen LogP contribution in [0.25, 0.3) is 22.3 Å². The number of aromatic nitrogens is 3. The second-order valence-electron chi connectivity index (χ2n) is 13.3. The van der Waals surface area contributed by atoms with Gasteiger partial charge in [0, 0.05) is 30.8 Å². The van der Waals surface area contributed by atoms with Crippen molar-refractivity contribution in [1.29, 1.82) is 0 Å². The van der Waals surface area contributed by atoms with E-state index in [4.69, 9.17) is 9.05 Å². The molecule has 4 aromatic carbocycles. The van der Waals surface area contributed by atoms with Crippen LogP contribution in [0.5, 0.6) is 11.5 Å². The molecule has 5 unspecified atom stereocenters. The molecule has 0 fully saturated rings. The lowest BCUT2D eigenvalue weighted by Crippen LogP contribution is -2.56. The number of hydrogen-bond acceptors (Lipinski definition) is 7. The van der Waals surface area contributed by atoms with Crippen molar-refractivity contribution in [2.45, 2.75) is 65.1 Å². The van der Waals surface area contributed by atoms with Crippen LogP contribution in [-0.2, 0) is 28.8 Å². The van der Waals surface area contributed by atoms with E-state index in [0.29, 0.717) is 28.5 Å². The highest BCUT2D eigenvalue weighted by molar-refractivity contribution is 7.68. The Balaban J connectivity index is 1.31. The lowest BCUT2D eigenvalue weighted by molar-refractivity contribution is 0.380. The molecule has 5 atom stereocenters. The minimum Gasteiger partial charge on any atom is -0.439 e. The molecule has 0 saturated heterocycles. The Bertz CT molecular complexity index is 2260. The zero-order valence-corrected chi connectivity index (χ0v) is 30.2. The van der Waals surface area contributed by atoms with Gasteiger partial charge in [-0.1, -0.05) is 107 Å². The Morgan fingerprint density at radius 2 is 0.860 bits per heavy atom. The molecule has 0 amide bonds. The zero-order valence-electron chi connectivity index (χ0n) is 28.4. The van der Waals surface area contributed by atoms with Crippen molar-refractivity contribution in [3.8, 4) is 33.8 Å². The normalized spacial score (nSPS) is 20.6. The maximum absolute atomic E-state index is 14.9. The summed E-state index contributed by atoms with van der Waals surface area (Å²) < 4.78 is 45.3. The van der Waals surface area contributed by atoms with E-state index in [1.54, 1.807) is 62.4 Å². The Hall–Kier alpha value is -4.65. The summed E-state index contributed by atoms with van der Waals surface area (Å²) in [6.45, 7) is 6.79. The summed E-state index contributed by atoms with van der Waals surface area (Å²) in [7, 11) is -7.39. The fourth-order valence-electron chi connectivity index (χ4n) is 6.86. The van der Waals surface area contributed by atoms with Crippen LogP contribution in [0.15, 0.2) is 111 Å². The minimum atomic E-state index is -3.70. The van der Waals surface area contributed by atoms with Gasteiger partial charge in [0.2, 0.25) is 0 Å². The van der Waals surface area contributed by atoms with Crippen molar-refractivity contribution in [2.75, 3.05) is 0 Å². The van der Waals surface area contributed by atoms with E-state index in [1.807, 2.05) is 62.4 Å². The minimum absolute atomic E-state index is 0.0542. The number of fused-ring (bicyclic) bond motifs is 6. The monoisotopic (exact) mass is 711 g/mol. The van der Waals surface area contributed by atoms with Crippen LogP contribution in [0.4, 0.5) is 0 Å². The van der Waals surface area contributed by atoms with Gasteiger partial charge in [-0.25, -0.2) is 28.1 Å². The van der Waals surface area contributed by atoms with Crippen molar-refractivity contribution in [3.63, 3.8) is 0 Å². The van der Waals surface area contributed by atoms with Gasteiger partial charge in [0.1, 0.15) is 11.5 Å². The third-order valence-electron chi connectivity index (χ3n) is 9.93. The summed E-state index contributed by atoms with van der Waals surface area (Å²) in [6.07, 6.45) is 0.691. The fourth-order valence-corrected chi connectivity index (χ4v) is 11.7. The first-order valence-corrected chi connectivity index (χ1v) is 20.3. The highest BCUT2D eigenvalue weighted by Crippen LogP contribution is 2.59. The second-order valence-corrected chi connectivity index (χ2v) is 18.8. The van der Waals surface area contributed by atoms with E-state index in [9.17, 15) is 23.5 Å². The largest absolute Gasteiger partial charge is 0.439 e. The van der Waals surface area contributed by atoms with Gasteiger partial charge in [-0.15, -0.1) is 0 Å². The molecule has 0 spiro atoms. The van der Waals surface area contributed by atoms with E-state index >= 15 is 0 Å². The predicted octanol–water partition coefficient (Wildman–Crippen LogP) is 6.32.